The molecule has 0 saturated heterocycles. The highest BCUT2D eigenvalue weighted by molar-refractivity contribution is 5.90. The maximum absolute atomic E-state index is 10.6. The molecule has 0 aliphatic carbocycles. The van der Waals surface area contributed by atoms with Crippen LogP contribution in [0.3, 0.4) is 0 Å². The average molecular weight is 204 g/mol. The Morgan fingerprint density at radius 1 is 1.47 bits per heavy atom. The molecule has 0 aliphatic heterocycles. The first kappa shape index (κ1) is 9.64. The topological polar surface area (TPSA) is 70.8 Å². The third-order valence-electron chi connectivity index (χ3n) is 2.20. The number of carbonyl (C=O) groups excluding carboxylic acids is 1. The van der Waals surface area contributed by atoms with Gasteiger partial charge in [-0.05, 0) is 31.5 Å². The van der Waals surface area contributed by atoms with E-state index in [1.54, 1.807) is 10.7 Å². The lowest BCUT2D eigenvalue weighted by Crippen LogP contribution is -2.22. The number of aromatic nitrogens is 3. The number of carbonyl (C=O) groups is 1. The second-order valence-electron chi connectivity index (χ2n) is 3.62. The van der Waals surface area contributed by atoms with Crippen LogP contribution in [0.25, 0.3) is 11.0 Å². The van der Waals surface area contributed by atoms with Crippen molar-refractivity contribution in [2.24, 2.45) is 0 Å². The molecule has 0 spiro atoms. The van der Waals surface area contributed by atoms with Crippen LogP contribution in [0.1, 0.15) is 30.2 Å². The molecule has 0 atom stereocenters. The summed E-state index contributed by atoms with van der Waals surface area (Å²) in [6.45, 7) is 3.97. The fourth-order valence-corrected chi connectivity index (χ4v) is 1.45. The standard InChI is InChI=1S/C10H11N3O2/c1-6(2)13-9-4-3-7(10(14)15)5-8(9)11-12-13/h3-6H,1-2H3,(H,14,15)/p-1. The molecule has 0 N–H and O–H groups in total. The molecule has 1 aromatic carbocycles. The molecule has 2 aromatic rings. The van der Waals surface area contributed by atoms with Gasteiger partial charge in [-0.3, -0.25) is 0 Å². The van der Waals surface area contributed by atoms with E-state index >= 15 is 0 Å². The number of hydrogen-bond acceptors (Lipinski definition) is 4. The molecule has 0 radical (unpaired) electrons. The molecule has 0 saturated carbocycles. The number of nitrogens with zero attached hydrogens (tertiary/aromatic N) is 3. The Kier molecular flexibility index (Phi) is 2.15. The van der Waals surface area contributed by atoms with E-state index in [1.165, 1.54) is 12.1 Å². The fraction of sp³-hybridized carbons (Fsp3) is 0.300. The quantitative estimate of drug-likeness (QED) is 0.708. The van der Waals surface area contributed by atoms with Crippen LogP contribution in [0.5, 0.6) is 0 Å². The molecule has 1 aromatic heterocycles. The number of hydrogen-bond donors (Lipinski definition) is 0. The van der Waals surface area contributed by atoms with Gasteiger partial charge in [0.2, 0.25) is 0 Å². The Morgan fingerprint density at radius 2 is 2.20 bits per heavy atom. The van der Waals surface area contributed by atoms with Crippen LogP contribution in [-0.2, 0) is 0 Å². The summed E-state index contributed by atoms with van der Waals surface area (Å²) in [4.78, 5) is 10.6. The zero-order chi connectivity index (χ0) is 11.0. The van der Waals surface area contributed by atoms with Crippen molar-refractivity contribution in [3.05, 3.63) is 23.8 Å². The number of carboxylic acid groups (broad SMARTS) is 1. The van der Waals surface area contributed by atoms with Crippen molar-refractivity contribution in [1.29, 1.82) is 0 Å². The molecule has 78 valence electrons. The Balaban J connectivity index is 2.61. The first-order chi connectivity index (χ1) is 7.09. The van der Waals surface area contributed by atoms with Gasteiger partial charge < -0.3 is 9.90 Å². The van der Waals surface area contributed by atoms with Crippen LogP contribution in [0.2, 0.25) is 0 Å². The molecule has 15 heavy (non-hydrogen) atoms. The second-order valence-corrected chi connectivity index (χ2v) is 3.62. The van der Waals surface area contributed by atoms with E-state index in [0.717, 1.165) is 5.52 Å². The van der Waals surface area contributed by atoms with Crippen molar-refractivity contribution in [2.75, 3.05) is 0 Å². The van der Waals surface area contributed by atoms with E-state index in [1.807, 2.05) is 13.8 Å². The Labute approximate surface area is 86.3 Å². The first-order valence-electron chi connectivity index (χ1n) is 4.66. The van der Waals surface area contributed by atoms with E-state index in [9.17, 15) is 9.90 Å². The highest BCUT2D eigenvalue weighted by atomic mass is 16.4. The summed E-state index contributed by atoms with van der Waals surface area (Å²) in [5.74, 6) is -1.20. The molecule has 0 amide bonds. The van der Waals surface area contributed by atoms with Crippen LogP contribution in [-0.4, -0.2) is 21.0 Å². The van der Waals surface area contributed by atoms with E-state index in [0.29, 0.717) is 5.52 Å². The van der Waals surface area contributed by atoms with E-state index in [-0.39, 0.29) is 11.6 Å². The minimum Gasteiger partial charge on any atom is -0.545 e. The summed E-state index contributed by atoms with van der Waals surface area (Å²) in [6, 6.07) is 4.86. The number of benzene rings is 1. The largest absolute Gasteiger partial charge is 0.545 e. The summed E-state index contributed by atoms with van der Waals surface area (Å²) >= 11 is 0. The predicted octanol–water partition coefficient (Wildman–Crippen LogP) is 0.376. The van der Waals surface area contributed by atoms with Crippen molar-refractivity contribution in [2.45, 2.75) is 19.9 Å². The number of rotatable bonds is 2. The molecular formula is C10H10N3O2-. The van der Waals surface area contributed by atoms with Gasteiger partial charge in [-0.15, -0.1) is 5.10 Å². The van der Waals surface area contributed by atoms with Gasteiger partial charge in [0.25, 0.3) is 0 Å². The van der Waals surface area contributed by atoms with E-state index in [4.69, 9.17) is 0 Å². The van der Waals surface area contributed by atoms with E-state index in [2.05, 4.69) is 10.3 Å². The molecule has 0 aliphatic rings. The summed E-state index contributed by atoms with van der Waals surface area (Å²) in [5.41, 5.74) is 1.53. The summed E-state index contributed by atoms with van der Waals surface area (Å²) in [7, 11) is 0. The van der Waals surface area contributed by atoms with Crippen LogP contribution in [0, 0.1) is 0 Å². The second kappa shape index (κ2) is 3.34. The number of aromatic carboxylic acids is 1. The van der Waals surface area contributed by atoms with Gasteiger partial charge >= 0.3 is 0 Å². The van der Waals surface area contributed by atoms with E-state index < -0.39 is 5.97 Å². The van der Waals surface area contributed by atoms with Crippen molar-refractivity contribution in [3.8, 4) is 0 Å². The van der Waals surface area contributed by atoms with Gasteiger partial charge in [0.05, 0.1) is 11.5 Å². The lowest BCUT2D eigenvalue weighted by Gasteiger charge is -2.06. The zero-order valence-corrected chi connectivity index (χ0v) is 8.47. The summed E-state index contributed by atoms with van der Waals surface area (Å²) in [5, 5.41) is 18.5. The SMILES string of the molecule is CC(C)n1nnc2cc(C(=O)[O-])ccc21. The molecule has 5 nitrogen and oxygen atoms in total. The van der Waals surface area contributed by atoms with Gasteiger partial charge in [-0.25, -0.2) is 4.68 Å². The molecular weight excluding hydrogens is 194 g/mol. The lowest BCUT2D eigenvalue weighted by atomic mass is 10.2. The van der Waals surface area contributed by atoms with Gasteiger partial charge in [0.15, 0.2) is 0 Å². The Morgan fingerprint density at radius 3 is 2.80 bits per heavy atom. The normalized spacial score (nSPS) is 11.1. The lowest BCUT2D eigenvalue weighted by molar-refractivity contribution is -0.255. The number of carboxylic acids is 1. The minimum absolute atomic E-state index is 0.123. The van der Waals surface area contributed by atoms with Crippen molar-refractivity contribution < 1.29 is 9.90 Å². The highest BCUT2D eigenvalue weighted by Crippen LogP contribution is 2.16. The van der Waals surface area contributed by atoms with Crippen molar-refractivity contribution in [1.82, 2.24) is 15.0 Å². The third kappa shape index (κ3) is 1.56. The fourth-order valence-electron chi connectivity index (χ4n) is 1.45. The van der Waals surface area contributed by atoms with Crippen LogP contribution in [0.15, 0.2) is 18.2 Å². The molecule has 0 fully saturated rings. The van der Waals surface area contributed by atoms with Gasteiger partial charge in [0.1, 0.15) is 5.52 Å². The third-order valence-corrected chi connectivity index (χ3v) is 2.20. The summed E-state index contributed by atoms with van der Waals surface area (Å²) in [6.07, 6.45) is 0. The smallest absolute Gasteiger partial charge is 0.113 e. The van der Waals surface area contributed by atoms with Gasteiger partial charge in [0, 0.05) is 6.04 Å². The van der Waals surface area contributed by atoms with Crippen LogP contribution in [0.4, 0.5) is 0 Å². The monoisotopic (exact) mass is 204 g/mol. The number of fused-ring (bicyclic) bond motifs is 1. The Bertz CT molecular complexity index is 516. The van der Waals surface area contributed by atoms with Gasteiger partial charge in [-0.2, -0.15) is 0 Å². The predicted molar refractivity (Wildman–Crippen MR) is 52.2 cm³/mol. The molecule has 5 heteroatoms. The molecule has 0 unspecified atom stereocenters. The molecule has 1 heterocycles. The van der Waals surface area contributed by atoms with Gasteiger partial charge in [-0.1, -0.05) is 11.3 Å². The minimum atomic E-state index is -1.20. The zero-order valence-electron chi connectivity index (χ0n) is 8.47. The molecule has 2 rings (SSSR count). The van der Waals surface area contributed by atoms with Crippen molar-refractivity contribution in [3.63, 3.8) is 0 Å². The highest BCUT2D eigenvalue weighted by Gasteiger charge is 2.07. The average Bonchev–Trinajstić information content (AvgIpc) is 2.59. The van der Waals surface area contributed by atoms with Crippen molar-refractivity contribution >= 4 is 17.0 Å². The van der Waals surface area contributed by atoms with Crippen LogP contribution < -0.4 is 5.11 Å². The Hall–Kier alpha value is -1.91. The first-order valence-corrected chi connectivity index (χ1v) is 4.66. The summed E-state index contributed by atoms with van der Waals surface area (Å²) < 4.78 is 1.74. The molecule has 0 bridgehead atoms. The maximum Gasteiger partial charge on any atom is 0.113 e. The maximum atomic E-state index is 10.6. The van der Waals surface area contributed by atoms with Crippen LogP contribution >= 0.6 is 0 Å².